The number of benzene rings is 1. The largest absolute Gasteiger partial charge is 0.352 e. The fourth-order valence-corrected chi connectivity index (χ4v) is 4.41. The van der Waals surface area contributed by atoms with E-state index < -0.39 is 6.04 Å². The summed E-state index contributed by atoms with van der Waals surface area (Å²) in [5, 5.41) is 4.76. The van der Waals surface area contributed by atoms with Gasteiger partial charge in [0, 0.05) is 42.7 Å². The molecule has 1 N–H and O–H groups in total. The van der Waals surface area contributed by atoms with Crippen molar-refractivity contribution < 1.29 is 14.4 Å². The molecule has 1 aromatic carbocycles. The summed E-state index contributed by atoms with van der Waals surface area (Å²) in [5.41, 5.74) is 2.40. The van der Waals surface area contributed by atoms with Gasteiger partial charge in [-0.05, 0) is 41.6 Å². The van der Waals surface area contributed by atoms with Gasteiger partial charge in [-0.1, -0.05) is 6.07 Å². The standard InChI is InChI=1S/C19H19N3O3S/c1-21-14-6-4-13(11-12(14)5-7-16(21)23)19(25)22-9-8-20-18(24)17(22)15-3-2-10-26-15/h2-4,6,10-11,17H,5,7-9H2,1H3,(H,20,24). The number of amides is 3. The molecule has 2 aromatic rings. The van der Waals surface area contributed by atoms with Gasteiger partial charge in [0.25, 0.3) is 5.91 Å². The number of rotatable bonds is 2. The van der Waals surface area contributed by atoms with Crippen molar-refractivity contribution in [2.45, 2.75) is 18.9 Å². The maximum atomic E-state index is 13.2. The van der Waals surface area contributed by atoms with Gasteiger partial charge >= 0.3 is 0 Å². The Balaban J connectivity index is 1.66. The number of fused-ring (bicyclic) bond motifs is 1. The number of nitrogens with zero attached hydrogens (tertiary/aromatic N) is 2. The summed E-state index contributed by atoms with van der Waals surface area (Å²) in [4.78, 5) is 41.5. The molecule has 0 bridgehead atoms. The molecule has 4 rings (SSSR count). The first-order valence-corrected chi connectivity index (χ1v) is 9.46. The number of anilines is 1. The number of carbonyl (C=O) groups is 3. The molecule has 1 aromatic heterocycles. The number of carbonyl (C=O) groups excluding carboxylic acids is 3. The van der Waals surface area contributed by atoms with Crippen LogP contribution in [0, 0.1) is 0 Å². The van der Waals surface area contributed by atoms with Gasteiger partial charge in [-0.25, -0.2) is 0 Å². The van der Waals surface area contributed by atoms with Crippen LogP contribution in [0.5, 0.6) is 0 Å². The number of nitrogens with one attached hydrogen (secondary N) is 1. The predicted octanol–water partition coefficient (Wildman–Crippen LogP) is 1.97. The molecule has 0 spiro atoms. The van der Waals surface area contributed by atoms with Crippen LogP contribution in [-0.4, -0.2) is 42.8 Å². The minimum atomic E-state index is -0.587. The highest BCUT2D eigenvalue weighted by molar-refractivity contribution is 7.10. The maximum Gasteiger partial charge on any atom is 0.254 e. The first-order valence-electron chi connectivity index (χ1n) is 8.58. The van der Waals surface area contributed by atoms with Crippen molar-refractivity contribution in [3.63, 3.8) is 0 Å². The third-order valence-corrected chi connectivity index (χ3v) is 5.88. The van der Waals surface area contributed by atoms with Crippen LogP contribution in [0.15, 0.2) is 35.7 Å². The van der Waals surface area contributed by atoms with Gasteiger partial charge in [-0.3, -0.25) is 14.4 Å². The van der Waals surface area contributed by atoms with E-state index in [-0.39, 0.29) is 17.7 Å². The molecule has 1 unspecified atom stereocenters. The Hall–Kier alpha value is -2.67. The molecule has 2 aliphatic rings. The molecule has 6 nitrogen and oxygen atoms in total. The highest BCUT2D eigenvalue weighted by atomic mass is 32.1. The lowest BCUT2D eigenvalue weighted by atomic mass is 9.98. The Kier molecular flexibility index (Phi) is 4.24. The SMILES string of the molecule is CN1C(=O)CCc2cc(C(=O)N3CCNC(=O)C3c3cccs3)ccc21. The Labute approximate surface area is 155 Å². The van der Waals surface area contributed by atoms with Gasteiger partial charge in [-0.2, -0.15) is 0 Å². The zero-order valence-electron chi connectivity index (χ0n) is 14.4. The Morgan fingerprint density at radius 2 is 2.08 bits per heavy atom. The summed E-state index contributed by atoms with van der Waals surface area (Å²) < 4.78 is 0. The van der Waals surface area contributed by atoms with Crippen LogP contribution in [0.2, 0.25) is 0 Å². The van der Waals surface area contributed by atoms with Crippen LogP contribution in [0.4, 0.5) is 5.69 Å². The van der Waals surface area contributed by atoms with E-state index in [9.17, 15) is 14.4 Å². The molecule has 1 fully saturated rings. The van der Waals surface area contributed by atoms with Crippen LogP contribution < -0.4 is 10.2 Å². The normalized spacial score (nSPS) is 20.0. The van der Waals surface area contributed by atoms with Crippen molar-refractivity contribution in [1.82, 2.24) is 10.2 Å². The summed E-state index contributed by atoms with van der Waals surface area (Å²) in [6.07, 6.45) is 1.08. The number of piperazine rings is 1. The van der Waals surface area contributed by atoms with E-state index in [0.717, 1.165) is 16.1 Å². The van der Waals surface area contributed by atoms with E-state index in [2.05, 4.69) is 5.32 Å². The van der Waals surface area contributed by atoms with Gasteiger partial charge in [0.1, 0.15) is 6.04 Å². The summed E-state index contributed by atoms with van der Waals surface area (Å²) >= 11 is 1.47. The molecule has 2 aliphatic heterocycles. The minimum Gasteiger partial charge on any atom is -0.352 e. The molecule has 1 saturated heterocycles. The first-order chi connectivity index (χ1) is 12.6. The van der Waals surface area contributed by atoms with Gasteiger partial charge in [-0.15, -0.1) is 11.3 Å². The van der Waals surface area contributed by atoms with Crippen LogP contribution in [0.25, 0.3) is 0 Å². The average Bonchev–Trinajstić information content (AvgIpc) is 3.18. The second kappa shape index (κ2) is 6.57. The van der Waals surface area contributed by atoms with Crippen LogP contribution in [0.1, 0.15) is 33.3 Å². The minimum absolute atomic E-state index is 0.0852. The second-order valence-electron chi connectivity index (χ2n) is 6.50. The molecule has 3 amide bonds. The van der Waals surface area contributed by atoms with E-state index >= 15 is 0 Å². The Morgan fingerprint density at radius 1 is 1.23 bits per heavy atom. The van der Waals surface area contributed by atoms with Crippen molar-refractivity contribution in [1.29, 1.82) is 0 Å². The number of thiophene rings is 1. The van der Waals surface area contributed by atoms with Crippen LogP contribution >= 0.6 is 11.3 Å². The quantitative estimate of drug-likeness (QED) is 0.880. The lowest BCUT2D eigenvalue weighted by Gasteiger charge is -2.35. The summed E-state index contributed by atoms with van der Waals surface area (Å²) in [7, 11) is 1.75. The van der Waals surface area contributed by atoms with Crippen LogP contribution in [-0.2, 0) is 16.0 Å². The van der Waals surface area contributed by atoms with Crippen LogP contribution in [0.3, 0.4) is 0 Å². The molecule has 0 saturated carbocycles. The zero-order chi connectivity index (χ0) is 18.3. The fraction of sp³-hybridized carbons (Fsp3) is 0.316. The van der Waals surface area contributed by atoms with Crippen molar-refractivity contribution in [3.8, 4) is 0 Å². The molecular formula is C19H19N3O3S. The van der Waals surface area contributed by atoms with Crippen molar-refractivity contribution in [2.75, 3.05) is 25.0 Å². The van der Waals surface area contributed by atoms with E-state index in [1.54, 1.807) is 22.9 Å². The summed E-state index contributed by atoms with van der Waals surface area (Å²) in [5.74, 6) is -0.210. The third kappa shape index (κ3) is 2.78. The number of hydrogen-bond acceptors (Lipinski definition) is 4. The molecule has 1 atom stereocenters. The second-order valence-corrected chi connectivity index (χ2v) is 7.48. The van der Waals surface area contributed by atoms with Gasteiger partial charge in [0.2, 0.25) is 11.8 Å². The van der Waals surface area contributed by atoms with E-state index in [4.69, 9.17) is 0 Å². The molecule has 0 radical (unpaired) electrons. The van der Waals surface area contributed by atoms with Gasteiger partial charge in [0.05, 0.1) is 0 Å². The Morgan fingerprint density at radius 3 is 2.85 bits per heavy atom. The molecule has 134 valence electrons. The van der Waals surface area contributed by atoms with Gasteiger partial charge in [0.15, 0.2) is 0 Å². The third-order valence-electron chi connectivity index (χ3n) is 4.96. The smallest absolute Gasteiger partial charge is 0.254 e. The molecule has 3 heterocycles. The highest BCUT2D eigenvalue weighted by Gasteiger charge is 2.35. The van der Waals surface area contributed by atoms with Crippen molar-refractivity contribution >= 4 is 34.7 Å². The predicted molar refractivity (Wildman–Crippen MR) is 99.3 cm³/mol. The van der Waals surface area contributed by atoms with Crippen molar-refractivity contribution in [2.24, 2.45) is 0 Å². The first kappa shape index (κ1) is 16.8. The summed E-state index contributed by atoms with van der Waals surface area (Å²) in [6, 6.07) is 8.61. The zero-order valence-corrected chi connectivity index (χ0v) is 15.2. The van der Waals surface area contributed by atoms with E-state index in [1.165, 1.54) is 11.3 Å². The average molecular weight is 369 g/mol. The molecule has 7 heteroatoms. The van der Waals surface area contributed by atoms with Gasteiger partial charge < -0.3 is 15.1 Å². The highest BCUT2D eigenvalue weighted by Crippen LogP contribution is 2.31. The molecule has 0 aliphatic carbocycles. The lowest BCUT2D eigenvalue weighted by molar-refractivity contribution is -0.128. The summed E-state index contributed by atoms with van der Waals surface area (Å²) in [6.45, 7) is 0.928. The number of aryl methyl sites for hydroxylation is 1. The fourth-order valence-electron chi connectivity index (χ4n) is 3.57. The topological polar surface area (TPSA) is 69.7 Å². The molecular weight excluding hydrogens is 350 g/mol. The van der Waals surface area contributed by atoms with E-state index in [0.29, 0.717) is 31.5 Å². The number of hydrogen-bond donors (Lipinski definition) is 1. The molecule has 26 heavy (non-hydrogen) atoms. The Bertz CT molecular complexity index is 878. The monoisotopic (exact) mass is 369 g/mol. The van der Waals surface area contributed by atoms with Crippen molar-refractivity contribution in [3.05, 3.63) is 51.7 Å². The maximum absolute atomic E-state index is 13.2. The van der Waals surface area contributed by atoms with E-state index in [1.807, 2.05) is 29.6 Å². The lowest BCUT2D eigenvalue weighted by Crippen LogP contribution is -2.52.